The van der Waals surface area contributed by atoms with Crippen LogP contribution in [-0.2, 0) is 14.6 Å². The van der Waals surface area contributed by atoms with Gasteiger partial charge < -0.3 is 55.4 Å². The summed E-state index contributed by atoms with van der Waals surface area (Å²) in [5.41, 5.74) is 2.35. The molecule has 338 valence electrons. The number of hydrogen-bond donors (Lipinski definition) is 8. The van der Waals surface area contributed by atoms with E-state index in [4.69, 9.17) is 4.74 Å². The van der Waals surface area contributed by atoms with E-state index in [9.17, 15) is 58.9 Å². The lowest BCUT2D eigenvalue weighted by molar-refractivity contribution is -0.207. The van der Waals surface area contributed by atoms with Crippen molar-refractivity contribution in [3.05, 3.63) is 101 Å². The van der Waals surface area contributed by atoms with E-state index in [0.717, 1.165) is 36.9 Å². The molecule has 8 N–H and O–H groups in total. The van der Waals surface area contributed by atoms with Gasteiger partial charge in [-0.05, 0) is 104 Å². The SMILES string of the molecule is CC(CO)C(O)C(O)C(O)C(C)CC1C(CO)OC(CS(=O)(=O)c2ccc(C3CCC(C4C(CCC(O)c5ccc(F)cc5)C[N+]4([O-])c4ccccc4)CC3)cc2)C(O)C1O. The number of sulfone groups is 1. The van der Waals surface area contributed by atoms with E-state index in [1.165, 1.54) is 31.2 Å². The molecule has 1 aliphatic carbocycles. The average Bonchev–Trinajstić information content (AvgIpc) is 3.26. The minimum atomic E-state index is -4.04. The molecular formula is C46H64FNO12S. The number of benzene rings is 3. The average molecular weight is 874 g/mol. The van der Waals surface area contributed by atoms with Crippen LogP contribution in [0.4, 0.5) is 10.1 Å². The van der Waals surface area contributed by atoms with Gasteiger partial charge in [0.05, 0.1) is 60.2 Å². The van der Waals surface area contributed by atoms with Crippen LogP contribution in [0.2, 0.25) is 0 Å². The van der Waals surface area contributed by atoms with Crippen LogP contribution in [0.1, 0.15) is 81.9 Å². The lowest BCUT2D eigenvalue weighted by atomic mass is 9.68. The first kappa shape index (κ1) is 47.6. The van der Waals surface area contributed by atoms with Gasteiger partial charge in [-0.3, -0.25) is 0 Å². The molecule has 6 rings (SSSR count). The number of aliphatic hydroxyl groups excluding tert-OH is 8. The lowest BCUT2D eigenvalue weighted by Crippen LogP contribution is -2.71. The van der Waals surface area contributed by atoms with Crippen LogP contribution in [0.3, 0.4) is 0 Å². The Kier molecular flexibility index (Phi) is 15.8. The van der Waals surface area contributed by atoms with E-state index in [1.807, 2.05) is 30.3 Å². The predicted molar refractivity (Wildman–Crippen MR) is 227 cm³/mol. The second-order valence-corrected chi connectivity index (χ2v) is 20.1. The predicted octanol–water partition coefficient (Wildman–Crippen LogP) is 3.73. The highest BCUT2D eigenvalue weighted by molar-refractivity contribution is 7.91. The number of para-hydroxylation sites is 1. The van der Waals surface area contributed by atoms with Gasteiger partial charge in [-0.2, -0.15) is 0 Å². The Morgan fingerprint density at radius 1 is 0.803 bits per heavy atom. The van der Waals surface area contributed by atoms with Crippen LogP contribution in [0.25, 0.3) is 0 Å². The Balaban J connectivity index is 1.05. The molecule has 0 aromatic heterocycles. The minimum absolute atomic E-state index is 0.00993. The zero-order valence-electron chi connectivity index (χ0n) is 34.9. The van der Waals surface area contributed by atoms with E-state index >= 15 is 0 Å². The van der Waals surface area contributed by atoms with Crippen molar-refractivity contribution in [2.75, 3.05) is 25.5 Å². The molecule has 3 aromatic carbocycles. The van der Waals surface area contributed by atoms with Crippen molar-refractivity contribution < 1.29 is 58.4 Å². The van der Waals surface area contributed by atoms with Gasteiger partial charge in [0, 0.05) is 24.4 Å². The van der Waals surface area contributed by atoms with Crippen molar-refractivity contribution in [2.24, 2.45) is 29.6 Å². The number of hydroxylamine groups is 2. The van der Waals surface area contributed by atoms with Crippen molar-refractivity contribution in [3.63, 3.8) is 0 Å². The molecule has 2 saturated heterocycles. The molecule has 61 heavy (non-hydrogen) atoms. The first-order valence-corrected chi connectivity index (χ1v) is 23.3. The van der Waals surface area contributed by atoms with Gasteiger partial charge in [0.15, 0.2) is 9.84 Å². The summed E-state index contributed by atoms with van der Waals surface area (Å²) in [4.78, 5) is 0.00993. The Bertz CT molecular complexity index is 1930. The third-order valence-corrected chi connectivity index (χ3v) is 15.8. The number of hydrogen-bond acceptors (Lipinski definition) is 12. The topological polar surface area (TPSA) is 228 Å². The molecule has 13 nitrogen and oxygen atoms in total. The third kappa shape index (κ3) is 10.6. The second-order valence-electron chi connectivity index (χ2n) is 18.1. The highest BCUT2D eigenvalue weighted by atomic mass is 32.2. The van der Waals surface area contributed by atoms with Crippen molar-refractivity contribution >= 4 is 15.5 Å². The molecule has 0 bridgehead atoms. The third-order valence-electron chi connectivity index (χ3n) is 14.1. The van der Waals surface area contributed by atoms with Crippen LogP contribution in [0.15, 0.2) is 83.8 Å². The van der Waals surface area contributed by atoms with Crippen molar-refractivity contribution in [1.29, 1.82) is 0 Å². The first-order chi connectivity index (χ1) is 29.0. The molecule has 3 aromatic rings. The summed E-state index contributed by atoms with van der Waals surface area (Å²) in [5.74, 6) is -3.01. The number of aliphatic hydroxyl groups is 8. The molecule has 1 saturated carbocycles. The molecule has 3 aliphatic rings. The van der Waals surface area contributed by atoms with E-state index in [0.29, 0.717) is 24.9 Å². The summed E-state index contributed by atoms with van der Waals surface area (Å²) >= 11 is 0. The van der Waals surface area contributed by atoms with Gasteiger partial charge in [0.1, 0.15) is 35.9 Å². The van der Waals surface area contributed by atoms with E-state index < -0.39 is 100 Å². The largest absolute Gasteiger partial charge is 0.627 e. The number of nitrogens with zero attached hydrogens (tertiary/aromatic N) is 1. The second kappa shape index (κ2) is 20.3. The molecular weight excluding hydrogens is 810 g/mol. The summed E-state index contributed by atoms with van der Waals surface area (Å²) in [7, 11) is -4.04. The number of quaternary nitrogens is 1. The van der Waals surface area contributed by atoms with Gasteiger partial charge in [0.25, 0.3) is 0 Å². The molecule has 2 aliphatic heterocycles. The van der Waals surface area contributed by atoms with Gasteiger partial charge in [-0.25, -0.2) is 12.8 Å². The standard InChI is InChI=1S/C46H64FNO12S/c1-27(42(52)46(56)43(53)28(2)24-49)22-37-39(25-50)60-40(45(55)44(37)54)26-61(58,59)36-19-14-30(15-20-36)29-8-10-32(11-9-29)41-33(23-48(41,57)35-6-4-3-5-7-35)16-21-38(51)31-12-17-34(47)18-13-31/h3-7,12-15,17-20,27-29,32-33,37-46,49-56H,8-11,16,21-26H2,1-2H3. The monoisotopic (exact) mass is 873 g/mol. The fraction of sp³-hybridized carbons (Fsp3) is 0.609. The van der Waals surface area contributed by atoms with Crippen LogP contribution < -0.4 is 4.65 Å². The van der Waals surface area contributed by atoms with E-state index in [1.54, 1.807) is 31.2 Å². The fourth-order valence-electron chi connectivity index (χ4n) is 10.3. The Hall–Kier alpha value is -2.90. The van der Waals surface area contributed by atoms with Crippen molar-refractivity contribution in [3.8, 4) is 0 Å². The summed E-state index contributed by atoms with van der Waals surface area (Å²) in [6.07, 6.45) is -6.53. The van der Waals surface area contributed by atoms with Gasteiger partial charge in [-0.15, -0.1) is 0 Å². The Morgan fingerprint density at radius 3 is 2.03 bits per heavy atom. The minimum Gasteiger partial charge on any atom is -0.627 e. The van der Waals surface area contributed by atoms with Crippen LogP contribution >= 0.6 is 0 Å². The highest BCUT2D eigenvalue weighted by Gasteiger charge is 2.54. The smallest absolute Gasteiger partial charge is 0.181 e. The van der Waals surface area contributed by atoms with Crippen LogP contribution in [0.5, 0.6) is 0 Å². The maximum absolute atomic E-state index is 14.5. The number of rotatable bonds is 18. The lowest BCUT2D eigenvalue weighted by Gasteiger charge is -2.63. The molecule has 2 heterocycles. The highest BCUT2D eigenvalue weighted by Crippen LogP contribution is 2.50. The summed E-state index contributed by atoms with van der Waals surface area (Å²) in [6, 6.07) is 21.7. The zero-order valence-corrected chi connectivity index (χ0v) is 35.7. The van der Waals surface area contributed by atoms with Gasteiger partial charge >= 0.3 is 0 Å². The molecule has 3 fully saturated rings. The number of ether oxygens (including phenoxy) is 1. The first-order valence-electron chi connectivity index (χ1n) is 21.7. The zero-order chi connectivity index (χ0) is 44.2. The fourth-order valence-corrected chi connectivity index (χ4v) is 11.7. The molecule has 14 atom stereocenters. The molecule has 0 spiro atoms. The van der Waals surface area contributed by atoms with Gasteiger partial charge in [0.2, 0.25) is 0 Å². The van der Waals surface area contributed by atoms with E-state index in [2.05, 4.69) is 0 Å². The van der Waals surface area contributed by atoms with Crippen LogP contribution in [-0.4, -0.2) is 124 Å². The number of halogens is 1. The van der Waals surface area contributed by atoms with E-state index in [-0.39, 0.29) is 40.9 Å². The maximum atomic E-state index is 14.5. The van der Waals surface area contributed by atoms with Crippen molar-refractivity contribution in [1.82, 2.24) is 4.65 Å². The van der Waals surface area contributed by atoms with Crippen molar-refractivity contribution in [2.45, 2.75) is 124 Å². The molecule has 15 heteroatoms. The molecule has 0 amide bonds. The Labute approximate surface area is 358 Å². The van der Waals surface area contributed by atoms with Crippen LogP contribution in [0, 0.1) is 40.6 Å². The quantitative estimate of drug-likeness (QED) is 0.0676. The molecule has 0 radical (unpaired) electrons. The normalized spacial score (nSPS) is 32.6. The molecule has 14 unspecified atom stereocenters. The Morgan fingerprint density at radius 2 is 1.43 bits per heavy atom. The summed E-state index contributed by atoms with van der Waals surface area (Å²) < 4.78 is 46.3. The summed E-state index contributed by atoms with van der Waals surface area (Å²) in [5, 5.41) is 98.5. The van der Waals surface area contributed by atoms with Gasteiger partial charge in [-0.1, -0.05) is 56.3 Å². The summed E-state index contributed by atoms with van der Waals surface area (Å²) in [6.45, 7) is 2.46. The maximum Gasteiger partial charge on any atom is 0.181 e.